The van der Waals surface area contributed by atoms with E-state index < -0.39 is 11.7 Å². The van der Waals surface area contributed by atoms with Crippen LogP contribution in [0.3, 0.4) is 0 Å². The summed E-state index contributed by atoms with van der Waals surface area (Å²) in [7, 11) is 0. The van der Waals surface area contributed by atoms with Gasteiger partial charge in [0, 0.05) is 5.56 Å². The zero-order chi connectivity index (χ0) is 19.3. The third kappa shape index (κ3) is 5.37. The fourth-order valence-electron chi connectivity index (χ4n) is 2.31. The van der Waals surface area contributed by atoms with Crippen molar-refractivity contribution >= 4 is 6.09 Å². The summed E-state index contributed by atoms with van der Waals surface area (Å²) in [6, 6.07) is 9.80. The molecule has 2 N–H and O–H groups in total. The SMILES string of the molecule is Cc1cccc(-c2ccc(OCCNC(=O)OC(C)(C)C)c(O)c2)c1F. The minimum absolute atomic E-state index is 0.0966. The molecule has 0 saturated heterocycles. The van der Waals surface area contributed by atoms with E-state index in [-0.39, 0.29) is 30.5 Å². The highest BCUT2D eigenvalue weighted by Crippen LogP contribution is 2.33. The average Bonchev–Trinajstić information content (AvgIpc) is 2.53. The lowest BCUT2D eigenvalue weighted by molar-refractivity contribution is 0.0520. The molecule has 1 amide bonds. The first-order valence-electron chi connectivity index (χ1n) is 8.35. The molecular weight excluding hydrogens is 337 g/mol. The number of benzene rings is 2. The fraction of sp³-hybridized carbons (Fsp3) is 0.350. The monoisotopic (exact) mass is 361 g/mol. The van der Waals surface area contributed by atoms with E-state index in [4.69, 9.17) is 9.47 Å². The molecule has 0 aromatic heterocycles. The number of aryl methyl sites for hydroxylation is 1. The number of hydrogen-bond donors (Lipinski definition) is 2. The molecule has 26 heavy (non-hydrogen) atoms. The van der Waals surface area contributed by atoms with Crippen molar-refractivity contribution in [2.24, 2.45) is 0 Å². The van der Waals surface area contributed by atoms with Crippen LogP contribution in [0.15, 0.2) is 36.4 Å². The molecule has 0 heterocycles. The Morgan fingerprint density at radius 3 is 2.62 bits per heavy atom. The van der Waals surface area contributed by atoms with Gasteiger partial charge in [0.15, 0.2) is 11.5 Å². The fourth-order valence-corrected chi connectivity index (χ4v) is 2.31. The molecule has 0 spiro atoms. The van der Waals surface area contributed by atoms with Gasteiger partial charge >= 0.3 is 6.09 Å². The number of ether oxygens (including phenoxy) is 2. The number of hydrogen-bond acceptors (Lipinski definition) is 4. The molecule has 0 saturated carbocycles. The van der Waals surface area contributed by atoms with Gasteiger partial charge < -0.3 is 19.9 Å². The third-order valence-corrected chi connectivity index (χ3v) is 3.49. The van der Waals surface area contributed by atoms with Crippen LogP contribution in [0.2, 0.25) is 0 Å². The number of phenolic OH excluding ortho intramolecular Hbond substituents is 1. The maximum Gasteiger partial charge on any atom is 0.407 e. The molecule has 140 valence electrons. The Morgan fingerprint density at radius 1 is 1.23 bits per heavy atom. The predicted molar refractivity (Wildman–Crippen MR) is 98.0 cm³/mol. The Bertz CT molecular complexity index is 784. The lowest BCUT2D eigenvalue weighted by atomic mass is 10.0. The van der Waals surface area contributed by atoms with Crippen LogP contribution in [0.5, 0.6) is 11.5 Å². The molecule has 0 aliphatic heterocycles. The zero-order valence-corrected chi connectivity index (χ0v) is 15.4. The Kier molecular flexibility index (Phi) is 6.08. The van der Waals surface area contributed by atoms with Gasteiger partial charge in [-0.1, -0.05) is 24.3 Å². The summed E-state index contributed by atoms with van der Waals surface area (Å²) in [6.07, 6.45) is -0.532. The first-order valence-corrected chi connectivity index (χ1v) is 8.35. The Morgan fingerprint density at radius 2 is 1.96 bits per heavy atom. The van der Waals surface area contributed by atoms with Crippen molar-refractivity contribution in [3.63, 3.8) is 0 Å². The van der Waals surface area contributed by atoms with Crippen LogP contribution < -0.4 is 10.1 Å². The molecule has 2 aromatic rings. The highest BCUT2D eigenvalue weighted by Gasteiger charge is 2.15. The van der Waals surface area contributed by atoms with Gasteiger partial charge in [-0.15, -0.1) is 0 Å². The highest BCUT2D eigenvalue weighted by molar-refractivity contribution is 5.68. The van der Waals surface area contributed by atoms with Gasteiger partial charge in [0.25, 0.3) is 0 Å². The number of nitrogens with one attached hydrogen (secondary N) is 1. The number of carbonyl (C=O) groups is 1. The van der Waals surface area contributed by atoms with E-state index in [1.807, 2.05) is 0 Å². The van der Waals surface area contributed by atoms with Gasteiger partial charge in [-0.25, -0.2) is 9.18 Å². The molecule has 5 nitrogen and oxygen atoms in total. The zero-order valence-electron chi connectivity index (χ0n) is 15.4. The molecule has 0 atom stereocenters. The lowest BCUT2D eigenvalue weighted by Crippen LogP contribution is -2.34. The van der Waals surface area contributed by atoms with Crippen molar-refractivity contribution in [2.45, 2.75) is 33.3 Å². The quantitative estimate of drug-likeness (QED) is 0.774. The molecule has 2 rings (SSSR count). The Hall–Kier alpha value is -2.76. The minimum Gasteiger partial charge on any atom is -0.504 e. The summed E-state index contributed by atoms with van der Waals surface area (Å²) < 4.78 is 24.8. The lowest BCUT2D eigenvalue weighted by Gasteiger charge is -2.19. The van der Waals surface area contributed by atoms with Gasteiger partial charge in [0.2, 0.25) is 0 Å². The van der Waals surface area contributed by atoms with Gasteiger partial charge in [-0.05, 0) is 51.0 Å². The number of rotatable bonds is 5. The van der Waals surface area contributed by atoms with Gasteiger partial charge in [0.05, 0.1) is 6.54 Å². The number of halogens is 1. The second-order valence-electron chi connectivity index (χ2n) is 6.90. The summed E-state index contributed by atoms with van der Waals surface area (Å²) in [5.41, 5.74) is 0.946. The van der Waals surface area contributed by atoms with Crippen LogP contribution in [0.4, 0.5) is 9.18 Å². The maximum absolute atomic E-state index is 14.2. The van der Waals surface area contributed by atoms with Gasteiger partial charge in [-0.3, -0.25) is 0 Å². The van der Waals surface area contributed by atoms with E-state index in [0.29, 0.717) is 16.7 Å². The van der Waals surface area contributed by atoms with Gasteiger partial charge in [-0.2, -0.15) is 0 Å². The molecule has 0 radical (unpaired) electrons. The molecule has 6 heteroatoms. The first kappa shape index (κ1) is 19.6. The second kappa shape index (κ2) is 8.08. The van der Waals surface area contributed by atoms with E-state index in [2.05, 4.69) is 5.32 Å². The van der Waals surface area contributed by atoms with Crippen LogP contribution in [-0.4, -0.2) is 30.0 Å². The van der Waals surface area contributed by atoms with Crippen molar-refractivity contribution in [1.29, 1.82) is 0 Å². The summed E-state index contributed by atoms with van der Waals surface area (Å²) in [5.74, 6) is -0.157. The summed E-state index contributed by atoms with van der Waals surface area (Å²) >= 11 is 0. The Labute approximate surface area is 152 Å². The van der Waals surface area contributed by atoms with E-state index >= 15 is 0 Å². The first-order chi connectivity index (χ1) is 12.2. The minimum atomic E-state index is -0.565. The van der Waals surface area contributed by atoms with Crippen LogP contribution >= 0.6 is 0 Å². The standard InChI is InChI=1S/C20H24FNO4/c1-13-6-5-7-15(18(13)21)14-8-9-17(16(23)12-14)25-11-10-22-19(24)26-20(2,3)4/h5-9,12,23H,10-11H2,1-4H3,(H,22,24). The van der Waals surface area contributed by atoms with Crippen molar-refractivity contribution in [2.75, 3.05) is 13.2 Å². The van der Waals surface area contributed by atoms with Gasteiger partial charge in [0.1, 0.15) is 18.0 Å². The van der Waals surface area contributed by atoms with E-state index in [9.17, 15) is 14.3 Å². The molecular formula is C20H24FNO4. The number of aromatic hydroxyl groups is 1. The van der Waals surface area contributed by atoms with Crippen LogP contribution in [0.25, 0.3) is 11.1 Å². The number of phenols is 1. The molecule has 0 bridgehead atoms. The predicted octanol–water partition coefficient (Wildman–Crippen LogP) is 4.41. The van der Waals surface area contributed by atoms with Crippen molar-refractivity contribution in [1.82, 2.24) is 5.32 Å². The number of carbonyl (C=O) groups excluding carboxylic acids is 1. The number of amides is 1. The molecule has 0 fully saturated rings. The number of alkyl carbamates (subject to hydrolysis) is 1. The summed E-state index contributed by atoms with van der Waals surface area (Å²) in [4.78, 5) is 11.5. The molecule has 0 unspecified atom stereocenters. The van der Waals surface area contributed by atoms with E-state index in [1.165, 1.54) is 6.07 Å². The van der Waals surface area contributed by atoms with Crippen LogP contribution in [0.1, 0.15) is 26.3 Å². The maximum atomic E-state index is 14.2. The largest absolute Gasteiger partial charge is 0.504 e. The van der Waals surface area contributed by atoms with E-state index in [0.717, 1.165) is 0 Å². The van der Waals surface area contributed by atoms with Crippen molar-refractivity contribution < 1.29 is 23.8 Å². The summed E-state index contributed by atoms with van der Waals surface area (Å²) in [5, 5.41) is 12.7. The normalized spacial score (nSPS) is 11.1. The summed E-state index contributed by atoms with van der Waals surface area (Å²) in [6.45, 7) is 7.40. The van der Waals surface area contributed by atoms with Crippen molar-refractivity contribution in [3.05, 3.63) is 47.8 Å². The van der Waals surface area contributed by atoms with E-state index in [1.54, 1.807) is 58.0 Å². The van der Waals surface area contributed by atoms with Crippen LogP contribution in [0, 0.1) is 12.7 Å². The Balaban J connectivity index is 1.94. The smallest absolute Gasteiger partial charge is 0.407 e. The average molecular weight is 361 g/mol. The van der Waals surface area contributed by atoms with Crippen LogP contribution in [-0.2, 0) is 4.74 Å². The topological polar surface area (TPSA) is 67.8 Å². The van der Waals surface area contributed by atoms with Crippen molar-refractivity contribution in [3.8, 4) is 22.6 Å². The molecule has 0 aliphatic carbocycles. The highest BCUT2D eigenvalue weighted by atomic mass is 19.1. The second-order valence-corrected chi connectivity index (χ2v) is 6.90. The third-order valence-electron chi connectivity index (χ3n) is 3.49. The molecule has 0 aliphatic rings. The molecule has 2 aromatic carbocycles.